The molecule has 0 aliphatic carbocycles. The fraction of sp³-hybridized carbons (Fsp3) is 0.222. The zero-order valence-electron chi connectivity index (χ0n) is 13.2. The van der Waals surface area contributed by atoms with Crippen LogP contribution in [-0.2, 0) is 11.3 Å². The Hall–Kier alpha value is -3.02. The molecule has 3 aromatic rings. The molecule has 6 nitrogen and oxygen atoms in total. The minimum absolute atomic E-state index is 0.0983. The topological polar surface area (TPSA) is 76.1 Å². The Morgan fingerprint density at radius 2 is 1.83 bits per heavy atom. The fourth-order valence-electron chi connectivity index (χ4n) is 2.50. The van der Waals surface area contributed by atoms with E-state index in [9.17, 15) is 9.59 Å². The van der Waals surface area contributed by atoms with Crippen LogP contribution in [0.4, 0.5) is 0 Å². The first-order valence-electron chi connectivity index (χ1n) is 7.86. The molecule has 24 heavy (non-hydrogen) atoms. The maximum Gasteiger partial charge on any atom is 0.326 e. The smallest absolute Gasteiger partial charge is 0.326 e. The molecule has 0 bridgehead atoms. The van der Waals surface area contributed by atoms with Crippen molar-refractivity contribution < 1.29 is 9.53 Å². The summed E-state index contributed by atoms with van der Waals surface area (Å²) in [5, 5.41) is 2.81. The van der Waals surface area contributed by atoms with Crippen molar-refractivity contribution in [2.24, 2.45) is 0 Å². The molecule has 6 heteroatoms. The number of aromatic nitrogens is 2. The van der Waals surface area contributed by atoms with E-state index in [0.717, 1.165) is 16.8 Å². The van der Waals surface area contributed by atoms with Gasteiger partial charge in [-0.15, -0.1) is 0 Å². The van der Waals surface area contributed by atoms with Crippen molar-refractivity contribution in [3.63, 3.8) is 0 Å². The SMILES string of the molecule is O=C(CCOc1ccccc1)NCCn1c(=O)[nH]c2ccccc21. The molecule has 0 saturated carbocycles. The molecule has 0 unspecified atom stereocenters. The number of aromatic amines is 1. The van der Waals surface area contributed by atoms with Crippen LogP contribution in [0.1, 0.15) is 6.42 Å². The number of nitrogens with zero attached hydrogens (tertiary/aromatic N) is 1. The molecule has 0 radical (unpaired) electrons. The summed E-state index contributed by atoms with van der Waals surface area (Å²) in [7, 11) is 0. The Kier molecular flexibility index (Phi) is 4.96. The van der Waals surface area contributed by atoms with Gasteiger partial charge in [-0.05, 0) is 24.3 Å². The van der Waals surface area contributed by atoms with Gasteiger partial charge >= 0.3 is 5.69 Å². The summed E-state index contributed by atoms with van der Waals surface area (Å²) in [6.07, 6.45) is 0.275. The number of nitrogens with one attached hydrogen (secondary N) is 2. The van der Waals surface area contributed by atoms with Gasteiger partial charge in [-0.3, -0.25) is 9.36 Å². The van der Waals surface area contributed by atoms with Gasteiger partial charge in [0.1, 0.15) is 5.75 Å². The lowest BCUT2D eigenvalue weighted by Crippen LogP contribution is -2.30. The highest BCUT2D eigenvalue weighted by molar-refractivity contribution is 5.76. The van der Waals surface area contributed by atoms with Gasteiger partial charge in [-0.2, -0.15) is 0 Å². The van der Waals surface area contributed by atoms with E-state index >= 15 is 0 Å². The van der Waals surface area contributed by atoms with Crippen LogP contribution in [0.15, 0.2) is 59.4 Å². The largest absolute Gasteiger partial charge is 0.493 e. The first kappa shape index (κ1) is 15.9. The summed E-state index contributed by atoms with van der Waals surface area (Å²) >= 11 is 0. The second-order valence-corrected chi connectivity index (χ2v) is 5.36. The number of para-hydroxylation sites is 3. The Morgan fingerprint density at radius 3 is 2.67 bits per heavy atom. The Labute approximate surface area is 139 Å². The Balaban J connectivity index is 1.45. The van der Waals surface area contributed by atoms with E-state index in [4.69, 9.17) is 4.74 Å². The standard InChI is InChI=1S/C18H19N3O3/c22-17(10-13-24-14-6-2-1-3-7-14)19-11-12-21-16-9-5-4-8-15(16)20-18(21)23/h1-9H,10-13H2,(H,19,22)(H,20,23). The number of carbonyl (C=O) groups is 1. The second-order valence-electron chi connectivity index (χ2n) is 5.36. The van der Waals surface area contributed by atoms with Crippen molar-refractivity contribution in [2.75, 3.05) is 13.2 Å². The molecule has 3 rings (SSSR count). The van der Waals surface area contributed by atoms with Crippen LogP contribution in [0, 0.1) is 0 Å². The van der Waals surface area contributed by atoms with Gasteiger partial charge in [-0.1, -0.05) is 30.3 Å². The quantitative estimate of drug-likeness (QED) is 0.697. The fourth-order valence-corrected chi connectivity index (χ4v) is 2.50. The van der Waals surface area contributed by atoms with Crippen molar-refractivity contribution in [2.45, 2.75) is 13.0 Å². The van der Waals surface area contributed by atoms with Crippen molar-refractivity contribution in [1.82, 2.24) is 14.9 Å². The van der Waals surface area contributed by atoms with Gasteiger partial charge in [0.15, 0.2) is 0 Å². The third-order valence-corrected chi connectivity index (χ3v) is 3.68. The van der Waals surface area contributed by atoms with Crippen LogP contribution < -0.4 is 15.7 Å². The Bertz CT molecular complexity index is 868. The van der Waals surface area contributed by atoms with Gasteiger partial charge in [-0.25, -0.2) is 4.79 Å². The van der Waals surface area contributed by atoms with E-state index in [0.29, 0.717) is 19.7 Å². The van der Waals surface area contributed by atoms with Crippen molar-refractivity contribution in [1.29, 1.82) is 0 Å². The number of hydrogen-bond acceptors (Lipinski definition) is 3. The first-order chi connectivity index (χ1) is 11.7. The van der Waals surface area contributed by atoms with Gasteiger partial charge in [0, 0.05) is 13.1 Å². The van der Waals surface area contributed by atoms with Crippen LogP contribution in [0.25, 0.3) is 11.0 Å². The molecule has 1 heterocycles. The van der Waals surface area contributed by atoms with Gasteiger partial charge < -0.3 is 15.0 Å². The summed E-state index contributed by atoms with van der Waals surface area (Å²) in [6.45, 7) is 1.14. The average molecular weight is 325 g/mol. The lowest BCUT2D eigenvalue weighted by molar-refractivity contribution is -0.121. The van der Waals surface area contributed by atoms with E-state index in [2.05, 4.69) is 10.3 Å². The summed E-state index contributed by atoms with van der Waals surface area (Å²) < 4.78 is 7.11. The van der Waals surface area contributed by atoms with Crippen LogP contribution >= 0.6 is 0 Å². The highest BCUT2D eigenvalue weighted by Gasteiger charge is 2.06. The summed E-state index contributed by atoms with van der Waals surface area (Å²) in [5.74, 6) is 0.648. The lowest BCUT2D eigenvalue weighted by Gasteiger charge is -2.08. The predicted octanol–water partition coefficient (Wildman–Crippen LogP) is 1.91. The maximum absolute atomic E-state index is 11.9. The van der Waals surface area contributed by atoms with E-state index < -0.39 is 0 Å². The average Bonchev–Trinajstić information content (AvgIpc) is 2.92. The molecular formula is C18H19N3O3. The zero-order chi connectivity index (χ0) is 16.8. The second kappa shape index (κ2) is 7.50. The minimum atomic E-state index is -0.169. The monoisotopic (exact) mass is 325 g/mol. The van der Waals surface area contributed by atoms with Crippen LogP contribution in [-0.4, -0.2) is 28.6 Å². The number of hydrogen-bond donors (Lipinski definition) is 2. The normalized spacial score (nSPS) is 10.7. The first-order valence-corrected chi connectivity index (χ1v) is 7.86. The summed E-state index contributed by atoms with van der Waals surface area (Å²) in [6, 6.07) is 16.9. The van der Waals surface area contributed by atoms with E-state index in [1.807, 2.05) is 54.6 Å². The highest BCUT2D eigenvalue weighted by Crippen LogP contribution is 2.09. The lowest BCUT2D eigenvalue weighted by atomic mass is 10.3. The minimum Gasteiger partial charge on any atom is -0.493 e. The number of ether oxygens (including phenoxy) is 1. The van der Waals surface area contributed by atoms with Gasteiger partial charge in [0.2, 0.25) is 5.91 Å². The molecule has 2 N–H and O–H groups in total. The van der Waals surface area contributed by atoms with E-state index in [1.165, 1.54) is 0 Å². The molecule has 1 amide bonds. The van der Waals surface area contributed by atoms with E-state index in [-0.39, 0.29) is 18.0 Å². The molecule has 0 atom stereocenters. The van der Waals surface area contributed by atoms with Gasteiger partial charge in [0.05, 0.1) is 24.1 Å². The summed E-state index contributed by atoms with van der Waals surface area (Å²) in [4.78, 5) is 26.5. The van der Waals surface area contributed by atoms with Crippen LogP contribution in [0.5, 0.6) is 5.75 Å². The number of benzene rings is 2. The molecule has 0 aliphatic heterocycles. The highest BCUT2D eigenvalue weighted by atomic mass is 16.5. The molecule has 0 aliphatic rings. The molecular weight excluding hydrogens is 306 g/mol. The molecule has 124 valence electrons. The number of fused-ring (bicyclic) bond motifs is 1. The van der Waals surface area contributed by atoms with Crippen molar-refractivity contribution >= 4 is 16.9 Å². The molecule has 0 spiro atoms. The maximum atomic E-state index is 11.9. The van der Waals surface area contributed by atoms with E-state index in [1.54, 1.807) is 4.57 Å². The number of rotatable bonds is 7. The number of H-pyrrole nitrogens is 1. The molecule has 2 aromatic carbocycles. The molecule has 0 fully saturated rings. The number of imidazole rings is 1. The zero-order valence-corrected chi connectivity index (χ0v) is 13.2. The van der Waals surface area contributed by atoms with Crippen LogP contribution in [0.3, 0.4) is 0 Å². The number of amides is 1. The molecule has 1 aromatic heterocycles. The number of carbonyl (C=O) groups excluding carboxylic acids is 1. The van der Waals surface area contributed by atoms with Crippen molar-refractivity contribution in [3.05, 3.63) is 65.1 Å². The third-order valence-electron chi connectivity index (χ3n) is 3.68. The molecule has 0 saturated heterocycles. The van der Waals surface area contributed by atoms with Crippen LogP contribution in [0.2, 0.25) is 0 Å². The summed E-state index contributed by atoms with van der Waals surface area (Å²) in [5.41, 5.74) is 1.46. The predicted molar refractivity (Wildman–Crippen MR) is 92.1 cm³/mol. The van der Waals surface area contributed by atoms with Gasteiger partial charge in [0.25, 0.3) is 0 Å². The Morgan fingerprint density at radius 1 is 1.08 bits per heavy atom. The van der Waals surface area contributed by atoms with Crippen molar-refractivity contribution in [3.8, 4) is 5.75 Å². The third kappa shape index (κ3) is 3.84.